The highest BCUT2D eigenvalue weighted by molar-refractivity contribution is 5.77. The van der Waals surface area contributed by atoms with Crippen LogP contribution in [0.2, 0.25) is 0 Å². The molecule has 2 unspecified atom stereocenters. The van der Waals surface area contributed by atoms with Gasteiger partial charge in [-0.25, -0.2) is 0 Å². The summed E-state index contributed by atoms with van der Waals surface area (Å²) in [5.41, 5.74) is 0.803. The zero-order chi connectivity index (χ0) is 18.7. The molecule has 148 valence electrons. The van der Waals surface area contributed by atoms with Crippen LogP contribution in [0, 0.1) is 34.5 Å². The molecule has 1 saturated heterocycles. The molecule has 1 heterocycles. The predicted molar refractivity (Wildman–Crippen MR) is 105 cm³/mol. The molecular weight excluding hydrogens is 322 g/mol. The van der Waals surface area contributed by atoms with E-state index in [1.165, 1.54) is 32.1 Å². The average molecular weight is 362 g/mol. The van der Waals surface area contributed by atoms with Crippen molar-refractivity contribution in [3.8, 4) is 0 Å². The SMILES string of the molecule is CCCO[C@@H]1C[C@H]2C3C(C)C[C@H]4N(C)C(=O)CC[C@]4(C)[C@H]3CC[C@]2(C)C1. The van der Waals surface area contributed by atoms with Crippen molar-refractivity contribution in [1.82, 2.24) is 4.90 Å². The summed E-state index contributed by atoms with van der Waals surface area (Å²) in [5.74, 6) is 3.52. The highest BCUT2D eigenvalue weighted by atomic mass is 16.5. The fourth-order valence-electron chi connectivity index (χ4n) is 7.87. The summed E-state index contributed by atoms with van der Waals surface area (Å²) in [7, 11) is 2.06. The maximum atomic E-state index is 12.3. The van der Waals surface area contributed by atoms with Crippen LogP contribution in [0.15, 0.2) is 0 Å². The number of carbonyl (C=O) groups excluding carboxylic acids is 1. The number of carbonyl (C=O) groups is 1. The Labute approximate surface area is 160 Å². The second-order valence-corrected chi connectivity index (χ2v) is 10.7. The first-order chi connectivity index (χ1) is 12.3. The number of piperidine rings is 1. The predicted octanol–water partition coefficient (Wildman–Crippen LogP) is 4.89. The fraction of sp³-hybridized carbons (Fsp3) is 0.957. The number of amides is 1. The molecule has 4 aliphatic rings. The van der Waals surface area contributed by atoms with Crippen molar-refractivity contribution in [2.75, 3.05) is 13.7 Å². The third-order valence-electron chi connectivity index (χ3n) is 9.22. The molecule has 4 fully saturated rings. The lowest BCUT2D eigenvalue weighted by molar-refractivity contribution is -0.164. The van der Waals surface area contributed by atoms with Crippen molar-refractivity contribution in [2.24, 2.45) is 34.5 Å². The van der Waals surface area contributed by atoms with Crippen LogP contribution in [0.1, 0.15) is 79.1 Å². The van der Waals surface area contributed by atoms with Gasteiger partial charge in [-0.05, 0) is 79.4 Å². The van der Waals surface area contributed by atoms with Crippen LogP contribution >= 0.6 is 0 Å². The zero-order valence-corrected chi connectivity index (χ0v) is 17.6. The van der Waals surface area contributed by atoms with Gasteiger partial charge in [0.25, 0.3) is 0 Å². The van der Waals surface area contributed by atoms with E-state index in [1.54, 1.807) is 0 Å². The largest absolute Gasteiger partial charge is 0.378 e. The number of ether oxygens (including phenoxy) is 1. The summed E-state index contributed by atoms with van der Waals surface area (Å²) in [4.78, 5) is 14.5. The van der Waals surface area contributed by atoms with E-state index in [2.05, 4.69) is 39.6 Å². The molecule has 3 nitrogen and oxygen atoms in total. The Kier molecular flexibility index (Phi) is 4.69. The highest BCUT2D eigenvalue weighted by Gasteiger charge is 2.62. The van der Waals surface area contributed by atoms with Gasteiger partial charge in [0.15, 0.2) is 0 Å². The number of hydrogen-bond donors (Lipinski definition) is 0. The van der Waals surface area contributed by atoms with E-state index in [0.717, 1.165) is 49.5 Å². The van der Waals surface area contributed by atoms with Crippen molar-refractivity contribution >= 4 is 5.91 Å². The summed E-state index contributed by atoms with van der Waals surface area (Å²) in [6, 6.07) is 0.456. The van der Waals surface area contributed by atoms with Crippen LogP contribution in [0.4, 0.5) is 0 Å². The first-order valence-corrected chi connectivity index (χ1v) is 11.2. The molecule has 0 spiro atoms. The molecule has 4 rings (SSSR count). The first-order valence-electron chi connectivity index (χ1n) is 11.2. The molecule has 0 aromatic carbocycles. The molecular formula is C23H39NO2. The van der Waals surface area contributed by atoms with Crippen molar-refractivity contribution < 1.29 is 9.53 Å². The van der Waals surface area contributed by atoms with Gasteiger partial charge in [-0.15, -0.1) is 0 Å². The van der Waals surface area contributed by atoms with Crippen molar-refractivity contribution in [2.45, 2.75) is 91.2 Å². The van der Waals surface area contributed by atoms with E-state index in [-0.39, 0.29) is 0 Å². The van der Waals surface area contributed by atoms with Gasteiger partial charge in [0.05, 0.1) is 6.10 Å². The van der Waals surface area contributed by atoms with Gasteiger partial charge in [0, 0.05) is 26.1 Å². The quantitative estimate of drug-likeness (QED) is 0.716. The van der Waals surface area contributed by atoms with Gasteiger partial charge >= 0.3 is 0 Å². The molecule has 1 amide bonds. The lowest BCUT2D eigenvalue weighted by Gasteiger charge is -2.63. The van der Waals surface area contributed by atoms with Gasteiger partial charge in [0.1, 0.15) is 0 Å². The van der Waals surface area contributed by atoms with E-state index in [0.29, 0.717) is 28.9 Å². The number of likely N-dealkylation sites (tertiary alicyclic amines) is 1. The van der Waals surface area contributed by atoms with E-state index in [9.17, 15) is 4.79 Å². The van der Waals surface area contributed by atoms with E-state index >= 15 is 0 Å². The van der Waals surface area contributed by atoms with Crippen molar-refractivity contribution in [3.05, 3.63) is 0 Å². The van der Waals surface area contributed by atoms with Gasteiger partial charge < -0.3 is 9.64 Å². The molecule has 3 saturated carbocycles. The van der Waals surface area contributed by atoms with Crippen LogP contribution in [0.3, 0.4) is 0 Å². The van der Waals surface area contributed by atoms with Crippen molar-refractivity contribution in [1.29, 1.82) is 0 Å². The minimum Gasteiger partial charge on any atom is -0.378 e. The monoisotopic (exact) mass is 361 g/mol. The van der Waals surface area contributed by atoms with Gasteiger partial charge in [0.2, 0.25) is 5.91 Å². The van der Waals surface area contributed by atoms with E-state index in [4.69, 9.17) is 4.74 Å². The van der Waals surface area contributed by atoms with Crippen molar-refractivity contribution in [3.63, 3.8) is 0 Å². The normalized spacial score (nSPS) is 51.0. The molecule has 1 aliphatic heterocycles. The van der Waals surface area contributed by atoms with Gasteiger partial charge in [-0.2, -0.15) is 0 Å². The number of nitrogens with zero attached hydrogens (tertiary/aromatic N) is 1. The Morgan fingerprint density at radius 2 is 1.96 bits per heavy atom. The molecule has 0 aromatic heterocycles. The molecule has 0 radical (unpaired) electrons. The van der Waals surface area contributed by atoms with Crippen LogP contribution in [0.25, 0.3) is 0 Å². The molecule has 3 aliphatic carbocycles. The second kappa shape index (κ2) is 6.50. The lowest BCUT2D eigenvalue weighted by Crippen LogP contribution is -2.62. The fourth-order valence-corrected chi connectivity index (χ4v) is 7.87. The summed E-state index contributed by atoms with van der Waals surface area (Å²) in [6.45, 7) is 10.7. The van der Waals surface area contributed by atoms with Crippen LogP contribution in [-0.4, -0.2) is 36.6 Å². The second-order valence-electron chi connectivity index (χ2n) is 10.7. The highest BCUT2D eigenvalue weighted by Crippen LogP contribution is 2.66. The maximum absolute atomic E-state index is 12.3. The maximum Gasteiger partial charge on any atom is 0.222 e. The molecule has 0 N–H and O–H groups in total. The summed E-state index contributed by atoms with van der Waals surface area (Å²) in [5, 5.41) is 0. The smallest absolute Gasteiger partial charge is 0.222 e. The molecule has 26 heavy (non-hydrogen) atoms. The molecule has 3 heteroatoms. The summed E-state index contributed by atoms with van der Waals surface area (Å²) in [6.07, 6.45) is 9.93. The number of fused-ring (bicyclic) bond motifs is 5. The average Bonchev–Trinajstić information content (AvgIpc) is 2.95. The van der Waals surface area contributed by atoms with Gasteiger partial charge in [-0.1, -0.05) is 27.7 Å². The summed E-state index contributed by atoms with van der Waals surface area (Å²) < 4.78 is 6.23. The Morgan fingerprint density at radius 3 is 2.69 bits per heavy atom. The zero-order valence-electron chi connectivity index (χ0n) is 17.6. The first kappa shape index (κ1) is 18.8. The Hall–Kier alpha value is -0.570. The molecule has 0 bridgehead atoms. The third-order valence-corrected chi connectivity index (χ3v) is 9.22. The summed E-state index contributed by atoms with van der Waals surface area (Å²) >= 11 is 0. The Bertz CT molecular complexity index is 562. The molecule has 0 aromatic rings. The van der Waals surface area contributed by atoms with Crippen LogP contribution in [0.5, 0.6) is 0 Å². The topological polar surface area (TPSA) is 29.5 Å². The van der Waals surface area contributed by atoms with Gasteiger partial charge in [-0.3, -0.25) is 4.79 Å². The third kappa shape index (κ3) is 2.67. The van der Waals surface area contributed by atoms with E-state index in [1.807, 2.05) is 0 Å². The van der Waals surface area contributed by atoms with Crippen LogP contribution in [-0.2, 0) is 9.53 Å². The number of hydrogen-bond acceptors (Lipinski definition) is 2. The standard InChI is InChI=1S/C23H39NO2/c1-6-11-26-16-13-18-21-15(2)12-19-23(4,10-8-20(25)24(19)5)17(21)7-9-22(18,3)14-16/h15-19,21H,6-14H2,1-5H3/t15?,16-,17+,18+,19-,21?,22-,23-/m1/s1. The minimum absolute atomic E-state index is 0.323. The lowest BCUT2D eigenvalue weighted by atomic mass is 9.45. The van der Waals surface area contributed by atoms with E-state index < -0.39 is 0 Å². The van der Waals surface area contributed by atoms with Crippen LogP contribution < -0.4 is 0 Å². The molecule has 8 atom stereocenters. The minimum atomic E-state index is 0.323. The number of rotatable bonds is 3. The Balaban J connectivity index is 1.61. The Morgan fingerprint density at radius 1 is 1.19 bits per heavy atom.